The largest absolute Gasteiger partial charge is 0.497 e. The predicted octanol–water partition coefficient (Wildman–Crippen LogP) is 1.46. The minimum absolute atomic E-state index is 0.0846. The molecule has 0 aliphatic carbocycles. The fourth-order valence-electron chi connectivity index (χ4n) is 1.82. The number of hydrogen-bond donors (Lipinski definition) is 1. The average molecular weight is 263 g/mol. The number of aliphatic hydroxyl groups excluding tert-OH is 1. The van der Waals surface area contributed by atoms with Crippen LogP contribution in [0.3, 0.4) is 0 Å². The summed E-state index contributed by atoms with van der Waals surface area (Å²) < 4.78 is 6.46. The van der Waals surface area contributed by atoms with Crippen LogP contribution in [0.2, 0.25) is 0 Å². The molecule has 0 unspecified atom stereocenters. The lowest BCUT2D eigenvalue weighted by Crippen LogP contribution is -2.06. The molecule has 2 rings (SSSR count). The van der Waals surface area contributed by atoms with Gasteiger partial charge >= 0.3 is 5.69 Å². The van der Waals surface area contributed by atoms with Crippen LogP contribution in [0.25, 0.3) is 11.3 Å². The maximum atomic E-state index is 11.0. The SMILES string of the molecule is COc1ccc(-c2c([N+](=O)[O-])cnn2CCO)cc1. The summed E-state index contributed by atoms with van der Waals surface area (Å²) in [5, 5.41) is 23.9. The van der Waals surface area contributed by atoms with Gasteiger partial charge in [-0.15, -0.1) is 0 Å². The van der Waals surface area contributed by atoms with Crippen LogP contribution in [-0.4, -0.2) is 33.5 Å². The van der Waals surface area contributed by atoms with E-state index in [9.17, 15) is 10.1 Å². The van der Waals surface area contributed by atoms with Crippen molar-refractivity contribution < 1.29 is 14.8 Å². The van der Waals surface area contributed by atoms with Gasteiger partial charge in [-0.2, -0.15) is 5.10 Å². The molecule has 2 aromatic rings. The van der Waals surface area contributed by atoms with Gasteiger partial charge < -0.3 is 9.84 Å². The summed E-state index contributed by atoms with van der Waals surface area (Å²) in [5.74, 6) is 0.666. The van der Waals surface area contributed by atoms with Crippen LogP contribution in [0.15, 0.2) is 30.5 Å². The van der Waals surface area contributed by atoms with E-state index >= 15 is 0 Å². The molecule has 0 saturated carbocycles. The van der Waals surface area contributed by atoms with Crippen LogP contribution >= 0.6 is 0 Å². The number of aliphatic hydroxyl groups is 1. The lowest BCUT2D eigenvalue weighted by atomic mass is 10.1. The molecule has 1 aromatic carbocycles. The van der Waals surface area contributed by atoms with E-state index in [1.54, 1.807) is 31.4 Å². The summed E-state index contributed by atoms with van der Waals surface area (Å²) in [6.45, 7) is 0.0667. The molecule has 19 heavy (non-hydrogen) atoms. The van der Waals surface area contributed by atoms with E-state index in [0.29, 0.717) is 17.0 Å². The number of nitrogens with zero attached hydrogens (tertiary/aromatic N) is 3. The van der Waals surface area contributed by atoms with E-state index in [4.69, 9.17) is 9.84 Å². The van der Waals surface area contributed by atoms with Crippen molar-refractivity contribution in [2.75, 3.05) is 13.7 Å². The molecule has 0 fully saturated rings. The van der Waals surface area contributed by atoms with Gasteiger partial charge in [-0.05, 0) is 24.3 Å². The Labute approximate surface area is 109 Å². The lowest BCUT2D eigenvalue weighted by Gasteiger charge is -2.06. The Morgan fingerprint density at radius 2 is 2.11 bits per heavy atom. The van der Waals surface area contributed by atoms with Gasteiger partial charge in [-0.25, -0.2) is 0 Å². The van der Waals surface area contributed by atoms with Gasteiger partial charge in [-0.3, -0.25) is 14.8 Å². The zero-order chi connectivity index (χ0) is 13.8. The summed E-state index contributed by atoms with van der Waals surface area (Å²) >= 11 is 0. The Bertz CT molecular complexity index is 577. The third-order valence-corrected chi connectivity index (χ3v) is 2.69. The number of rotatable bonds is 5. The van der Waals surface area contributed by atoms with Crippen molar-refractivity contribution in [1.82, 2.24) is 9.78 Å². The number of aromatic nitrogens is 2. The fourth-order valence-corrected chi connectivity index (χ4v) is 1.82. The summed E-state index contributed by atoms with van der Waals surface area (Å²) in [5.41, 5.74) is 0.943. The molecule has 0 bridgehead atoms. The quantitative estimate of drug-likeness (QED) is 0.651. The molecule has 0 aliphatic rings. The first kappa shape index (κ1) is 13.0. The second-order valence-corrected chi connectivity index (χ2v) is 3.81. The number of ether oxygens (including phenoxy) is 1. The highest BCUT2D eigenvalue weighted by molar-refractivity contribution is 5.70. The Hall–Kier alpha value is -2.41. The molecule has 100 valence electrons. The molecule has 0 aliphatic heterocycles. The van der Waals surface area contributed by atoms with Crippen molar-refractivity contribution >= 4 is 5.69 Å². The van der Waals surface area contributed by atoms with Gasteiger partial charge in [0.1, 0.15) is 17.6 Å². The zero-order valence-corrected chi connectivity index (χ0v) is 10.3. The maximum absolute atomic E-state index is 11.0. The summed E-state index contributed by atoms with van der Waals surface area (Å²) in [4.78, 5) is 10.5. The molecule has 1 heterocycles. The monoisotopic (exact) mass is 263 g/mol. The first-order valence-corrected chi connectivity index (χ1v) is 5.63. The van der Waals surface area contributed by atoms with Crippen molar-refractivity contribution in [3.8, 4) is 17.0 Å². The van der Waals surface area contributed by atoms with E-state index in [1.165, 1.54) is 10.9 Å². The van der Waals surface area contributed by atoms with Crippen molar-refractivity contribution in [3.05, 3.63) is 40.6 Å². The maximum Gasteiger partial charge on any atom is 0.314 e. The topological polar surface area (TPSA) is 90.4 Å². The second-order valence-electron chi connectivity index (χ2n) is 3.81. The van der Waals surface area contributed by atoms with Gasteiger partial charge in [0.15, 0.2) is 0 Å². The smallest absolute Gasteiger partial charge is 0.314 e. The molecule has 1 N–H and O–H groups in total. The fraction of sp³-hybridized carbons (Fsp3) is 0.250. The van der Waals surface area contributed by atoms with Crippen LogP contribution in [0, 0.1) is 10.1 Å². The minimum Gasteiger partial charge on any atom is -0.497 e. The normalized spacial score (nSPS) is 10.4. The summed E-state index contributed by atoms with van der Waals surface area (Å²) in [6, 6.07) is 6.87. The Morgan fingerprint density at radius 1 is 1.42 bits per heavy atom. The van der Waals surface area contributed by atoms with Crippen molar-refractivity contribution in [2.45, 2.75) is 6.54 Å². The molecule has 1 aromatic heterocycles. The lowest BCUT2D eigenvalue weighted by molar-refractivity contribution is -0.384. The molecule has 0 saturated heterocycles. The first-order valence-electron chi connectivity index (χ1n) is 5.63. The van der Waals surface area contributed by atoms with E-state index in [1.807, 2.05) is 0 Å². The zero-order valence-electron chi connectivity index (χ0n) is 10.3. The highest BCUT2D eigenvalue weighted by atomic mass is 16.6. The van der Waals surface area contributed by atoms with E-state index in [2.05, 4.69) is 5.10 Å². The number of nitro groups is 1. The van der Waals surface area contributed by atoms with Gasteiger partial charge in [-0.1, -0.05) is 0 Å². The Balaban J connectivity index is 2.50. The van der Waals surface area contributed by atoms with Crippen molar-refractivity contribution in [1.29, 1.82) is 0 Å². The van der Waals surface area contributed by atoms with Crippen LogP contribution in [0.4, 0.5) is 5.69 Å². The minimum atomic E-state index is -0.486. The van der Waals surface area contributed by atoms with Crippen molar-refractivity contribution in [2.24, 2.45) is 0 Å². The molecule has 0 radical (unpaired) electrons. The Morgan fingerprint density at radius 3 is 2.63 bits per heavy atom. The second kappa shape index (κ2) is 5.49. The number of benzene rings is 1. The van der Waals surface area contributed by atoms with Crippen LogP contribution in [0.1, 0.15) is 0 Å². The third-order valence-electron chi connectivity index (χ3n) is 2.69. The van der Waals surface area contributed by atoms with Crippen LogP contribution in [0.5, 0.6) is 5.75 Å². The molecular weight excluding hydrogens is 250 g/mol. The molecule has 7 nitrogen and oxygen atoms in total. The predicted molar refractivity (Wildman–Crippen MR) is 68.0 cm³/mol. The third kappa shape index (κ3) is 2.55. The standard InChI is InChI=1S/C12H13N3O4/c1-19-10-4-2-9(3-5-10)12-11(15(17)18)8-13-14(12)6-7-16/h2-5,8,16H,6-7H2,1H3. The summed E-state index contributed by atoms with van der Waals surface area (Å²) in [7, 11) is 1.55. The van der Waals surface area contributed by atoms with Gasteiger partial charge in [0, 0.05) is 5.56 Å². The van der Waals surface area contributed by atoms with Crippen molar-refractivity contribution in [3.63, 3.8) is 0 Å². The highest BCUT2D eigenvalue weighted by Gasteiger charge is 2.21. The van der Waals surface area contributed by atoms with Crippen LogP contribution < -0.4 is 4.74 Å². The highest BCUT2D eigenvalue weighted by Crippen LogP contribution is 2.30. The van der Waals surface area contributed by atoms with Gasteiger partial charge in [0.2, 0.25) is 0 Å². The molecule has 0 amide bonds. The van der Waals surface area contributed by atoms with E-state index < -0.39 is 4.92 Å². The van der Waals surface area contributed by atoms with E-state index in [0.717, 1.165) is 0 Å². The molecular formula is C12H13N3O4. The van der Waals surface area contributed by atoms with Crippen LogP contribution in [-0.2, 0) is 6.54 Å². The summed E-state index contributed by atoms with van der Waals surface area (Å²) in [6.07, 6.45) is 1.19. The molecule has 0 atom stereocenters. The van der Waals surface area contributed by atoms with E-state index in [-0.39, 0.29) is 18.8 Å². The Kier molecular flexibility index (Phi) is 3.76. The number of methoxy groups -OCH3 is 1. The van der Waals surface area contributed by atoms with Gasteiger partial charge in [0.05, 0.1) is 25.2 Å². The molecule has 0 spiro atoms. The first-order chi connectivity index (χ1) is 9.17. The number of hydrogen-bond acceptors (Lipinski definition) is 5. The van der Waals surface area contributed by atoms with Gasteiger partial charge in [0.25, 0.3) is 0 Å². The average Bonchev–Trinajstić information content (AvgIpc) is 2.83. The molecule has 7 heteroatoms.